The van der Waals surface area contributed by atoms with E-state index < -0.39 is 0 Å². The van der Waals surface area contributed by atoms with Crippen LogP contribution in [0.3, 0.4) is 0 Å². The van der Waals surface area contributed by atoms with Crippen LogP contribution < -0.4 is 4.74 Å². The third-order valence-corrected chi connectivity index (χ3v) is 3.20. The van der Waals surface area contributed by atoms with Crippen molar-refractivity contribution in [1.29, 1.82) is 0 Å². The first-order chi connectivity index (χ1) is 8.31. The molecule has 2 aromatic carbocycles. The number of benzene rings is 2. The van der Waals surface area contributed by atoms with Crippen LogP contribution in [0.5, 0.6) is 5.75 Å². The third-order valence-electron chi connectivity index (χ3n) is 2.35. The molecular weight excluding hydrogens is 327 g/mol. The zero-order chi connectivity index (χ0) is 12.1. The summed E-state index contributed by atoms with van der Waals surface area (Å²) in [5, 5.41) is 0. The van der Waals surface area contributed by atoms with Gasteiger partial charge in [0.1, 0.15) is 12.4 Å². The lowest BCUT2D eigenvalue weighted by atomic mass is 10.2. The Balaban J connectivity index is 2.16. The van der Waals surface area contributed by atoms with Gasteiger partial charge in [0, 0.05) is 0 Å². The largest absolute Gasteiger partial charge is 0.487 e. The van der Waals surface area contributed by atoms with Gasteiger partial charge in [-0.2, -0.15) is 0 Å². The molecule has 3 heteroatoms. The molecule has 86 valence electrons. The number of halogens is 1. The second-order valence-electron chi connectivity index (χ2n) is 3.55. The molecule has 2 nitrogen and oxygen atoms in total. The standard InChI is InChI=1S/C14H11IO2/c15-13-8-4-7-12(9-16)14(13)17-10-11-5-2-1-3-6-11/h1-9H,10H2. The Morgan fingerprint density at radius 3 is 2.53 bits per heavy atom. The second kappa shape index (κ2) is 5.82. The smallest absolute Gasteiger partial charge is 0.153 e. The van der Waals surface area contributed by atoms with Gasteiger partial charge in [0.2, 0.25) is 0 Å². The fraction of sp³-hybridized carbons (Fsp3) is 0.0714. The van der Waals surface area contributed by atoms with E-state index in [1.165, 1.54) is 0 Å². The van der Waals surface area contributed by atoms with Crippen LogP contribution in [0.4, 0.5) is 0 Å². The maximum absolute atomic E-state index is 10.9. The van der Waals surface area contributed by atoms with Crippen molar-refractivity contribution >= 4 is 28.9 Å². The molecule has 0 fully saturated rings. The molecule has 2 rings (SSSR count). The Hall–Kier alpha value is -1.36. The van der Waals surface area contributed by atoms with Crippen LogP contribution >= 0.6 is 22.6 Å². The van der Waals surface area contributed by atoms with Gasteiger partial charge in [-0.25, -0.2) is 0 Å². The number of ether oxygens (including phenoxy) is 1. The molecule has 17 heavy (non-hydrogen) atoms. The van der Waals surface area contributed by atoms with Crippen LogP contribution in [0.2, 0.25) is 0 Å². The first-order valence-corrected chi connectivity index (χ1v) is 6.29. The minimum absolute atomic E-state index is 0.474. The minimum atomic E-state index is 0.474. The van der Waals surface area contributed by atoms with Gasteiger partial charge in [0.25, 0.3) is 0 Å². The molecule has 0 saturated carbocycles. The molecule has 0 aliphatic rings. The fourth-order valence-corrected chi connectivity index (χ4v) is 2.18. The second-order valence-corrected chi connectivity index (χ2v) is 4.71. The molecule has 0 saturated heterocycles. The van der Waals surface area contributed by atoms with Gasteiger partial charge in [-0.15, -0.1) is 0 Å². The van der Waals surface area contributed by atoms with Crippen LogP contribution in [0.15, 0.2) is 48.5 Å². The molecule has 0 radical (unpaired) electrons. The Labute approximate surface area is 114 Å². The fourth-order valence-electron chi connectivity index (χ4n) is 1.50. The summed E-state index contributed by atoms with van der Waals surface area (Å²) in [6.07, 6.45) is 0.822. The SMILES string of the molecule is O=Cc1cccc(I)c1OCc1ccccc1. The van der Waals surface area contributed by atoms with E-state index in [-0.39, 0.29) is 0 Å². The summed E-state index contributed by atoms with van der Waals surface area (Å²) in [4.78, 5) is 10.9. The highest BCUT2D eigenvalue weighted by Gasteiger charge is 2.07. The van der Waals surface area contributed by atoms with E-state index in [1.54, 1.807) is 6.07 Å². The Morgan fingerprint density at radius 2 is 1.82 bits per heavy atom. The number of aldehydes is 1. The van der Waals surface area contributed by atoms with Gasteiger partial charge < -0.3 is 4.74 Å². The Morgan fingerprint density at radius 1 is 1.06 bits per heavy atom. The number of carbonyl (C=O) groups is 1. The summed E-state index contributed by atoms with van der Waals surface area (Å²) >= 11 is 2.17. The van der Waals surface area contributed by atoms with Crippen LogP contribution in [0.1, 0.15) is 15.9 Å². The van der Waals surface area contributed by atoms with Gasteiger partial charge in [-0.05, 0) is 40.3 Å². The van der Waals surface area contributed by atoms with Gasteiger partial charge >= 0.3 is 0 Å². The summed E-state index contributed by atoms with van der Waals surface area (Å²) in [6, 6.07) is 15.4. The molecule has 0 unspecified atom stereocenters. The normalized spacial score (nSPS) is 9.94. The van der Waals surface area contributed by atoms with E-state index in [0.717, 1.165) is 15.4 Å². The van der Waals surface area contributed by atoms with Crippen molar-refractivity contribution in [2.24, 2.45) is 0 Å². The molecule has 0 heterocycles. The number of carbonyl (C=O) groups excluding carboxylic acids is 1. The molecule has 2 aromatic rings. The molecule has 0 aromatic heterocycles. The highest BCUT2D eigenvalue weighted by Crippen LogP contribution is 2.25. The van der Waals surface area contributed by atoms with Crippen LogP contribution in [0, 0.1) is 3.57 Å². The number of rotatable bonds is 4. The Bertz CT molecular complexity index is 509. The van der Waals surface area contributed by atoms with E-state index in [1.807, 2.05) is 42.5 Å². The quantitative estimate of drug-likeness (QED) is 0.628. The maximum Gasteiger partial charge on any atom is 0.153 e. The molecule has 0 N–H and O–H groups in total. The van der Waals surface area contributed by atoms with Crippen LogP contribution in [0.25, 0.3) is 0 Å². The van der Waals surface area contributed by atoms with Crippen molar-refractivity contribution in [2.75, 3.05) is 0 Å². The lowest BCUT2D eigenvalue weighted by Gasteiger charge is -2.10. The molecule has 0 spiro atoms. The summed E-state index contributed by atoms with van der Waals surface area (Å²) < 4.78 is 6.65. The van der Waals surface area contributed by atoms with Gasteiger partial charge in [0.05, 0.1) is 9.13 Å². The molecule has 0 aliphatic carbocycles. The first-order valence-electron chi connectivity index (χ1n) is 5.21. The Kier molecular flexibility index (Phi) is 4.14. The summed E-state index contributed by atoms with van der Waals surface area (Å²) in [5.74, 6) is 0.659. The highest BCUT2D eigenvalue weighted by atomic mass is 127. The van der Waals surface area contributed by atoms with Crippen molar-refractivity contribution < 1.29 is 9.53 Å². The van der Waals surface area contributed by atoms with Crippen LogP contribution in [-0.2, 0) is 6.61 Å². The zero-order valence-electron chi connectivity index (χ0n) is 9.10. The van der Waals surface area contributed by atoms with Crippen molar-refractivity contribution in [3.8, 4) is 5.75 Å². The van der Waals surface area contributed by atoms with Gasteiger partial charge in [-0.1, -0.05) is 36.4 Å². The average molecular weight is 338 g/mol. The van der Waals surface area contributed by atoms with E-state index in [4.69, 9.17) is 4.74 Å². The summed E-state index contributed by atoms with van der Waals surface area (Å²) in [5.41, 5.74) is 1.68. The van der Waals surface area contributed by atoms with E-state index in [9.17, 15) is 4.79 Å². The number of hydrogen-bond acceptors (Lipinski definition) is 2. The number of para-hydroxylation sites is 1. The average Bonchev–Trinajstić information content (AvgIpc) is 2.38. The topological polar surface area (TPSA) is 26.3 Å². The van der Waals surface area contributed by atoms with Gasteiger partial charge in [-0.3, -0.25) is 4.79 Å². The molecule has 0 bridgehead atoms. The lowest BCUT2D eigenvalue weighted by Crippen LogP contribution is -1.99. The molecular formula is C14H11IO2. The van der Waals surface area contributed by atoms with Gasteiger partial charge in [0.15, 0.2) is 6.29 Å². The highest BCUT2D eigenvalue weighted by molar-refractivity contribution is 14.1. The van der Waals surface area contributed by atoms with Crippen molar-refractivity contribution in [3.05, 3.63) is 63.2 Å². The third kappa shape index (κ3) is 3.06. The molecule has 0 aliphatic heterocycles. The minimum Gasteiger partial charge on any atom is -0.487 e. The monoisotopic (exact) mass is 338 g/mol. The molecule has 0 amide bonds. The zero-order valence-corrected chi connectivity index (χ0v) is 11.3. The van der Waals surface area contributed by atoms with Crippen LogP contribution in [-0.4, -0.2) is 6.29 Å². The lowest BCUT2D eigenvalue weighted by molar-refractivity contribution is 0.111. The van der Waals surface area contributed by atoms with E-state index in [0.29, 0.717) is 17.9 Å². The predicted molar refractivity (Wildman–Crippen MR) is 75.3 cm³/mol. The predicted octanol–water partition coefficient (Wildman–Crippen LogP) is 3.68. The first kappa shape index (κ1) is 12.1. The molecule has 0 atom stereocenters. The number of hydrogen-bond donors (Lipinski definition) is 0. The van der Waals surface area contributed by atoms with Crippen molar-refractivity contribution in [3.63, 3.8) is 0 Å². The van der Waals surface area contributed by atoms with Crippen molar-refractivity contribution in [2.45, 2.75) is 6.61 Å². The maximum atomic E-state index is 10.9. The van der Waals surface area contributed by atoms with E-state index in [2.05, 4.69) is 22.6 Å². The summed E-state index contributed by atoms with van der Waals surface area (Å²) in [6.45, 7) is 0.474. The summed E-state index contributed by atoms with van der Waals surface area (Å²) in [7, 11) is 0. The van der Waals surface area contributed by atoms with E-state index >= 15 is 0 Å². The van der Waals surface area contributed by atoms with Crippen molar-refractivity contribution in [1.82, 2.24) is 0 Å².